The van der Waals surface area contributed by atoms with Gasteiger partial charge in [-0.05, 0) is 25.8 Å². The monoisotopic (exact) mass is 263 g/mol. The van der Waals surface area contributed by atoms with E-state index < -0.39 is 10.0 Å². The molecule has 1 heterocycles. The number of hydrogen-bond acceptors (Lipinski definition) is 3. The van der Waals surface area contributed by atoms with E-state index in [0.717, 1.165) is 0 Å². The third-order valence-corrected chi connectivity index (χ3v) is 5.44. The average molecular weight is 263 g/mol. The molecule has 0 amide bonds. The number of para-hydroxylation sites is 1. The van der Waals surface area contributed by atoms with Crippen molar-refractivity contribution in [2.75, 3.05) is 0 Å². The van der Waals surface area contributed by atoms with E-state index >= 15 is 0 Å². The highest BCUT2D eigenvalue weighted by molar-refractivity contribution is 7.91. The molecule has 0 unspecified atom stereocenters. The second kappa shape index (κ2) is 3.68. The second-order valence-electron chi connectivity index (χ2n) is 4.66. The smallest absolute Gasteiger partial charge is 0.241 e. The van der Waals surface area contributed by atoms with Crippen molar-refractivity contribution in [3.05, 3.63) is 36.0 Å². The number of fused-ring (bicyclic) bond motifs is 1. The summed E-state index contributed by atoms with van der Waals surface area (Å²) < 4.78 is 25.9. The Morgan fingerprint density at radius 3 is 2.56 bits per heavy atom. The van der Waals surface area contributed by atoms with Gasteiger partial charge in [0, 0.05) is 17.1 Å². The van der Waals surface area contributed by atoms with Crippen LogP contribution in [0.4, 0.5) is 0 Å². The number of nitrogens with zero attached hydrogens (tertiary/aromatic N) is 1. The van der Waals surface area contributed by atoms with E-state index in [2.05, 4.69) is 0 Å². The quantitative estimate of drug-likeness (QED) is 0.797. The number of rotatable bonds is 3. The predicted molar refractivity (Wildman–Crippen MR) is 69.3 cm³/mol. The molecule has 0 aliphatic heterocycles. The van der Waals surface area contributed by atoms with Crippen LogP contribution in [0.5, 0.6) is 0 Å². The van der Waals surface area contributed by atoms with Gasteiger partial charge >= 0.3 is 0 Å². The molecule has 1 aromatic carbocycles. The molecule has 1 fully saturated rings. The maximum Gasteiger partial charge on any atom is 0.241 e. The van der Waals surface area contributed by atoms with Crippen LogP contribution in [-0.2, 0) is 10.0 Å². The molecule has 5 heteroatoms. The van der Waals surface area contributed by atoms with Gasteiger partial charge in [-0.2, -0.15) is 0 Å². The Kier molecular flexibility index (Phi) is 2.35. The van der Waals surface area contributed by atoms with Crippen LogP contribution in [0.3, 0.4) is 0 Å². The summed E-state index contributed by atoms with van der Waals surface area (Å²) in [6, 6.07) is 7.11. The van der Waals surface area contributed by atoms with Gasteiger partial charge < -0.3 is 0 Å². The van der Waals surface area contributed by atoms with Gasteiger partial charge in [-0.25, -0.2) is 12.4 Å². The summed E-state index contributed by atoms with van der Waals surface area (Å²) in [5.74, 6) is -0.115. The predicted octanol–water partition coefficient (Wildman–Crippen LogP) is 2.18. The molecular weight excluding hydrogens is 250 g/mol. The highest BCUT2D eigenvalue weighted by Gasteiger charge is 2.38. The molecular formula is C13H13NO3S. The molecule has 0 spiro atoms. The summed E-state index contributed by atoms with van der Waals surface area (Å²) in [6.07, 6.45) is 2.88. The van der Waals surface area contributed by atoms with Crippen molar-refractivity contribution in [2.24, 2.45) is 0 Å². The number of carbonyl (C=O) groups is 1. The minimum absolute atomic E-state index is 0.115. The Hall–Kier alpha value is -1.62. The molecule has 1 aromatic heterocycles. The highest BCUT2D eigenvalue weighted by Crippen LogP contribution is 2.33. The summed E-state index contributed by atoms with van der Waals surface area (Å²) in [7, 11) is -3.34. The van der Waals surface area contributed by atoms with Crippen molar-refractivity contribution >= 4 is 26.7 Å². The molecule has 4 nitrogen and oxygen atoms in total. The molecule has 3 rings (SSSR count). The molecule has 0 atom stereocenters. The normalized spacial score (nSPS) is 16.1. The maximum absolute atomic E-state index is 12.3. The largest absolute Gasteiger partial charge is 0.294 e. The zero-order chi connectivity index (χ0) is 12.9. The Balaban J connectivity index is 2.33. The minimum Gasteiger partial charge on any atom is -0.294 e. The molecule has 2 aromatic rings. The van der Waals surface area contributed by atoms with Crippen LogP contribution in [-0.4, -0.2) is 23.4 Å². The van der Waals surface area contributed by atoms with Crippen molar-refractivity contribution in [2.45, 2.75) is 25.0 Å². The minimum atomic E-state index is -3.34. The summed E-state index contributed by atoms with van der Waals surface area (Å²) in [5, 5.41) is 0.419. The van der Waals surface area contributed by atoms with Gasteiger partial charge in [0.15, 0.2) is 5.78 Å². The van der Waals surface area contributed by atoms with E-state index in [9.17, 15) is 13.2 Å². The third kappa shape index (κ3) is 1.58. The maximum atomic E-state index is 12.3. The van der Waals surface area contributed by atoms with Crippen molar-refractivity contribution in [1.29, 1.82) is 0 Å². The topological polar surface area (TPSA) is 56.1 Å². The van der Waals surface area contributed by atoms with Gasteiger partial charge in [0.1, 0.15) is 0 Å². The van der Waals surface area contributed by atoms with E-state index in [1.165, 1.54) is 17.1 Å². The van der Waals surface area contributed by atoms with Crippen molar-refractivity contribution in [3.8, 4) is 0 Å². The fraction of sp³-hybridized carbons (Fsp3) is 0.308. The van der Waals surface area contributed by atoms with Gasteiger partial charge in [-0.3, -0.25) is 4.79 Å². The van der Waals surface area contributed by atoms with E-state index in [1.54, 1.807) is 18.2 Å². The Morgan fingerprint density at radius 2 is 1.94 bits per heavy atom. The van der Waals surface area contributed by atoms with Crippen LogP contribution in [0.2, 0.25) is 0 Å². The zero-order valence-electron chi connectivity index (χ0n) is 9.96. The van der Waals surface area contributed by atoms with Crippen molar-refractivity contribution in [1.82, 2.24) is 3.97 Å². The van der Waals surface area contributed by atoms with E-state index in [1.807, 2.05) is 6.07 Å². The fourth-order valence-electron chi connectivity index (χ4n) is 2.17. The van der Waals surface area contributed by atoms with Gasteiger partial charge in [-0.15, -0.1) is 0 Å². The summed E-state index contributed by atoms with van der Waals surface area (Å²) in [6.45, 7) is 1.45. The van der Waals surface area contributed by atoms with Gasteiger partial charge in [0.25, 0.3) is 0 Å². The molecule has 0 radical (unpaired) electrons. The van der Waals surface area contributed by atoms with Crippen molar-refractivity contribution < 1.29 is 13.2 Å². The van der Waals surface area contributed by atoms with Gasteiger partial charge in [0.2, 0.25) is 10.0 Å². The van der Waals surface area contributed by atoms with Gasteiger partial charge in [0.05, 0.1) is 10.8 Å². The Labute approximate surface area is 105 Å². The summed E-state index contributed by atoms with van der Waals surface area (Å²) >= 11 is 0. The van der Waals surface area contributed by atoms with Crippen LogP contribution in [0, 0.1) is 0 Å². The second-order valence-corrected chi connectivity index (χ2v) is 6.75. The molecule has 0 N–H and O–H groups in total. The molecule has 94 valence electrons. The van der Waals surface area contributed by atoms with Crippen LogP contribution >= 0.6 is 0 Å². The first-order chi connectivity index (χ1) is 8.51. The SMILES string of the molecule is CC(=O)c1cn(S(=O)(=O)C2CC2)c2ccccc12. The van der Waals surface area contributed by atoms with Crippen molar-refractivity contribution in [3.63, 3.8) is 0 Å². The standard InChI is InChI=1S/C13H13NO3S/c1-9(15)12-8-14(18(16,17)10-6-7-10)13-5-3-2-4-11(12)13/h2-5,8,10H,6-7H2,1H3. The molecule has 0 bridgehead atoms. The number of carbonyl (C=O) groups excluding carboxylic acids is 1. The van der Waals surface area contributed by atoms with E-state index in [-0.39, 0.29) is 11.0 Å². The molecule has 0 saturated heterocycles. The molecule has 18 heavy (non-hydrogen) atoms. The number of Topliss-reactive ketones (excluding diaryl/α,β-unsaturated/α-hetero) is 1. The lowest BCUT2D eigenvalue weighted by Gasteiger charge is -2.05. The van der Waals surface area contributed by atoms with Crippen LogP contribution in [0.1, 0.15) is 30.1 Å². The zero-order valence-corrected chi connectivity index (χ0v) is 10.8. The average Bonchev–Trinajstić information content (AvgIpc) is 3.09. The summed E-state index contributed by atoms with van der Waals surface area (Å²) in [4.78, 5) is 11.6. The van der Waals surface area contributed by atoms with E-state index in [4.69, 9.17) is 0 Å². The first kappa shape index (κ1) is 11.5. The van der Waals surface area contributed by atoms with E-state index in [0.29, 0.717) is 29.3 Å². The number of aromatic nitrogens is 1. The number of benzene rings is 1. The highest BCUT2D eigenvalue weighted by atomic mass is 32.2. The Bertz CT molecular complexity index is 739. The van der Waals surface area contributed by atoms with Crippen LogP contribution in [0.15, 0.2) is 30.5 Å². The fourth-order valence-corrected chi connectivity index (χ4v) is 3.91. The summed E-state index contributed by atoms with van der Waals surface area (Å²) in [5.41, 5.74) is 1.06. The van der Waals surface area contributed by atoms with Crippen LogP contribution in [0.25, 0.3) is 10.9 Å². The van der Waals surface area contributed by atoms with Gasteiger partial charge in [-0.1, -0.05) is 18.2 Å². The first-order valence-electron chi connectivity index (χ1n) is 5.87. The molecule has 1 aliphatic rings. The lowest BCUT2D eigenvalue weighted by Crippen LogP contribution is -2.16. The lowest BCUT2D eigenvalue weighted by atomic mass is 10.1. The number of hydrogen-bond donors (Lipinski definition) is 0. The molecule has 1 aliphatic carbocycles. The lowest BCUT2D eigenvalue weighted by molar-refractivity contribution is 0.101. The molecule has 1 saturated carbocycles. The first-order valence-corrected chi connectivity index (χ1v) is 7.37. The number of ketones is 1. The third-order valence-electron chi connectivity index (χ3n) is 3.28. The van der Waals surface area contributed by atoms with Crippen LogP contribution < -0.4 is 0 Å². The Morgan fingerprint density at radius 1 is 1.28 bits per heavy atom.